The molecule has 0 aliphatic heterocycles. The van der Waals surface area contributed by atoms with Crippen LogP contribution in [-0.2, 0) is 5.41 Å². The second-order valence-electron chi connectivity index (χ2n) is 17.1. The lowest BCUT2D eigenvalue weighted by molar-refractivity contribution is 0.660. The summed E-state index contributed by atoms with van der Waals surface area (Å²) in [6.45, 7) is 17.9. The zero-order valence-corrected chi connectivity index (χ0v) is 35.6. The van der Waals surface area contributed by atoms with Crippen LogP contribution < -0.4 is 9.80 Å². The third kappa shape index (κ3) is 6.93. The summed E-state index contributed by atoms with van der Waals surface area (Å²) in [6, 6.07) is 63.4. The maximum absolute atomic E-state index is 2.48. The van der Waals surface area contributed by atoms with Crippen LogP contribution >= 0.6 is 0 Å². The van der Waals surface area contributed by atoms with E-state index in [1.54, 1.807) is 0 Å². The largest absolute Gasteiger partial charge is 0.310 e. The van der Waals surface area contributed by atoms with E-state index < -0.39 is 0 Å². The molecule has 0 atom stereocenters. The number of rotatable bonds is 8. The molecule has 0 N–H and O–H groups in total. The highest BCUT2D eigenvalue weighted by molar-refractivity contribution is 5.97. The molecule has 290 valence electrons. The quantitative estimate of drug-likeness (QED) is 0.152. The summed E-state index contributed by atoms with van der Waals surface area (Å²) in [5.74, 6) is 0. The van der Waals surface area contributed by atoms with E-state index in [4.69, 9.17) is 0 Å². The Morgan fingerprint density at radius 2 is 0.712 bits per heavy atom. The molecule has 0 aromatic heterocycles. The van der Waals surface area contributed by atoms with Crippen molar-refractivity contribution in [2.24, 2.45) is 0 Å². The lowest BCUT2D eigenvalue weighted by Gasteiger charge is -2.28. The van der Waals surface area contributed by atoms with Gasteiger partial charge in [0.2, 0.25) is 0 Å². The number of aryl methyl sites for hydroxylation is 6. The summed E-state index contributed by atoms with van der Waals surface area (Å²) in [4.78, 5) is 4.77. The Kier molecular flexibility index (Phi) is 9.60. The Hall–Kier alpha value is -6.64. The van der Waals surface area contributed by atoms with Crippen LogP contribution in [0.1, 0.15) is 58.4 Å². The summed E-state index contributed by atoms with van der Waals surface area (Å²) in [5, 5.41) is 0. The first-order valence-corrected chi connectivity index (χ1v) is 20.8. The van der Waals surface area contributed by atoms with E-state index in [-0.39, 0.29) is 5.41 Å². The van der Waals surface area contributed by atoms with Crippen LogP contribution in [0, 0.1) is 41.5 Å². The Labute approximate surface area is 351 Å². The van der Waals surface area contributed by atoms with Gasteiger partial charge >= 0.3 is 0 Å². The van der Waals surface area contributed by atoms with E-state index in [1.165, 1.54) is 77.9 Å². The molecule has 0 spiro atoms. The standard InChI is InChI=1S/C57H52N2/c1-37-13-23-44(24-14-37)58(45-25-15-38(2)16-26-45)48-31-21-41(5)51(35-48)43-33-53(56-50-11-9-10-12-54(50)57(7,8)55(56)34-43)52-36-49(32-22-42(52)6)59(46-27-17-39(3)18-28-46)47-29-19-40(4)20-30-47/h9-36H,1-8H3. The molecule has 2 heteroatoms. The molecule has 8 aromatic carbocycles. The van der Waals surface area contributed by atoms with Crippen LogP contribution in [0.2, 0.25) is 0 Å². The fourth-order valence-corrected chi connectivity index (χ4v) is 8.95. The SMILES string of the molecule is Cc1ccc(N(c2ccc(C)cc2)c2ccc(C)c(-c3cc(-c4cc(N(c5ccc(C)cc5)c5ccc(C)cc5)ccc4C)c4c(c3)C(C)(C)c3ccccc3-4)c2)cc1. The first kappa shape index (κ1) is 37.9. The van der Waals surface area contributed by atoms with E-state index in [2.05, 4.69) is 235 Å². The van der Waals surface area contributed by atoms with Gasteiger partial charge in [0.15, 0.2) is 0 Å². The highest BCUT2D eigenvalue weighted by Gasteiger charge is 2.37. The number of benzene rings is 8. The van der Waals surface area contributed by atoms with Gasteiger partial charge in [0.1, 0.15) is 0 Å². The normalized spacial score (nSPS) is 12.5. The first-order valence-electron chi connectivity index (χ1n) is 20.8. The topological polar surface area (TPSA) is 6.48 Å². The zero-order chi connectivity index (χ0) is 41.0. The van der Waals surface area contributed by atoms with Crippen molar-refractivity contribution in [2.45, 2.75) is 60.8 Å². The Morgan fingerprint density at radius 1 is 0.322 bits per heavy atom. The first-order chi connectivity index (χ1) is 28.5. The highest BCUT2D eigenvalue weighted by Crippen LogP contribution is 2.54. The lowest BCUT2D eigenvalue weighted by Crippen LogP contribution is -2.15. The molecule has 0 saturated carbocycles. The minimum Gasteiger partial charge on any atom is -0.310 e. The van der Waals surface area contributed by atoms with Crippen molar-refractivity contribution in [3.63, 3.8) is 0 Å². The van der Waals surface area contributed by atoms with E-state index in [0.29, 0.717) is 0 Å². The van der Waals surface area contributed by atoms with Gasteiger partial charge in [-0.25, -0.2) is 0 Å². The van der Waals surface area contributed by atoms with E-state index >= 15 is 0 Å². The maximum Gasteiger partial charge on any atom is 0.0467 e. The Morgan fingerprint density at radius 3 is 1.17 bits per heavy atom. The third-order valence-electron chi connectivity index (χ3n) is 12.4. The Bertz CT molecular complexity index is 2730. The number of fused-ring (bicyclic) bond motifs is 3. The zero-order valence-electron chi connectivity index (χ0n) is 35.6. The van der Waals surface area contributed by atoms with Crippen LogP contribution in [0.4, 0.5) is 34.1 Å². The van der Waals surface area contributed by atoms with Gasteiger partial charge in [-0.1, -0.05) is 121 Å². The molecule has 0 fully saturated rings. The molecule has 8 aromatic rings. The van der Waals surface area contributed by atoms with Crippen LogP contribution in [0.25, 0.3) is 33.4 Å². The van der Waals surface area contributed by atoms with Crippen molar-refractivity contribution >= 4 is 34.1 Å². The fraction of sp³-hybridized carbons (Fsp3) is 0.158. The minimum atomic E-state index is -0.181. The predicted molar refractivity (Wildman–Crippen MR) is 253 cm³/mol. The number of anilines is 6. The van der Waals surface area contributed by atoms with Crippen LogP contribution in [0.15, 0.2) is 170 Å². The smallest absolute Gasteiger partial charge is 0.0467 e. The van der Waals surface area contributed by atoms with Gasteiger partial charge in [-0.15, -0.1) is 0 Å². The number of hydrogen-bond acceptors (Lipinski definition) is 2. The summed E-state index contributed by atoms with van der Waals surface area (Å²) >= 11 is 0. The van der Waals surface area contributed by atoms with Gasteiger partial charge in [-0.05, 0) is 182 Å². The van der Waals surface area contributed by atoms with Crippen LogP contribution in [0.5, 0.6) is 0 Å². The number of hydrogen-bond donors (Lipinski definition) is 0. The molecular weight excluding hydrogens is 713 g/mol. The second kappa shape index (κ2) is 14.9. The summed E-state index contributed by atoms with van der Waals surface area (Å²) in [7, 11) is 0. The molecule has 0 radical (unpaired) electrons. The maximum atomic E-state index is 2.48. The van der Waals surface area contributed by atoms with Gasteiger partial charge in [-0.3, -0.25) is 0 Å². The van der Waals surface area contributed by atoms with Crippen molar-refractivity contribution in [2.75, 3.05) is 9.80 Å². The van der Waals surface area contributed by atoms with Crippen molar-refractivity contribution < 1.29 is 0 Å². The van der Waals surface area contributed by atoms with Crippen LogP contribution in [-0.4, -0.2) is 0 Å². The summed E-state index contributed by atoms with van der Waals surface area (Å²) < 4.78 is 0. The van der Waals surface area contributed by atoms with Gasteiger partial charge < -0.3 is 9.80 Å². The summed E-state index contributed by atoms with van der Waals surface area (Å²) in [6.07, 6.45) is 0. The van der Waals surface area contributed by atoms with E-state index in [1.807, 2.05) is 0 Å². The Balaban J connectivity index is 1.27. The average Bonchev–Trinajstić information content (AvgIpc) is 3.47. The van der Waals surface area contributed by atoms with E-state index in [9.17, 15) is 0 Å². The predicted octanol–water partition coefficient (Wildman–Crippen LogP) is 16.1. The van der Waals surface area contributed by atoms with Gasteiger partial charge in [-0.2, -0.15) is 0 Å². The fourth-order valence-electron chi connectivity index (χ4n) is 8.95. The van der Waals surface area contributed by atoms with Gasteiger partial charge in [0.05, 0.1) is 0 Å². The van der Waals surface area contributed by atoms with Crippen molar-refractivity contribution in [1.29, 1.82) is 0 Å². The van der Waals surface area contributed by atoms with E-state index in [0.717, 1.165) is 34.1 Å². The molecule has 1 aliphatic carbocycles. The van der Waals surface area contributed by atoms with Crippen molar-refractivity contribution in [1.82, 2.24) is 0 Å². The minimum absolute atomic E-state index is 0.181. The molecule has 9 rings (SSSR count). The second-order valence-corrected chi connectivity index (χ2v) is 17.1. The molecule has 0 amide bonds. The molecular formula is C57H52N2. The van der Waals surface area contributed by atoms with Crippen molar-refractivity contribution in [3.05, 3.63) is 214 Å². The molecule has 59 heavy (non-hydrogen) atoms. The monoisotopic (exact) mass is 764 g/mol. The lowest BCUT2D eigenvalue weighted by atomic mass is 9.80. The highest BCUT2D eigenvalue weighted by atomic mass is 15.1. The van der Waals surface area contributed by atoms with Gasteiger partial charge in [0.25, 0.3) is 0 Å². The molecule has 1 aliphatic rings. The molecule has 2 nitrogen and oxygen atoms in total. The van der Waals surface area contributed by atoms with Crippen molar-refractivity contribution in [3.8, 4) is 33.4 Å². The third-order valence-corrected chi connectivity index (χ3v) is 12.4. The average molecular weight is 765 g/mol. The number of nitrogens with zero attached hydrogens (tertiary/aromatic N) is 2. The summed E-state index contributed by atoms with van der Waals surface area (Å²) in [5.41, 5.74) is 24.5. The molecule has 0 bridgehead atoms. The molecule has 0 heterocycles. The molecule has 0 unspecified atom stereocenters. The van der Waals surface area contributed by atoms with Crippen LogP contribution in [0.3, 0.4) is 0 Å². The van der Waals surface area contributed by atoms with Gasteiger partial charge in [0, 0.05) is 39.5 Å². The molecule has 0 saturated heterocycles.